The van der Waals surface area contributed by atoms with E-state index in [9.17, 15) is 24.0 Å². The van der Waals surface area contributed by atoms with Crippen LogP contribution in [-0.2, 0) is 33.4 Å². The van der Waals surface area contributed by atoms with E-state index in [0.717, 1.165) is 6.08 Å². The first-order chi connectivity index (χ1) is 17.3. The van der Waals surface area contributed by atoms with Gasteiger partial charge in [0.25, 0.3) is 0 Å². The largest absolute Gasteiger partial charge is 0.481 e. The molecule has 1 aromatic rings. The van der Waals surface area contributed by atoms with E-state index in [1.165, 1.54) is 24.3 Å². The van der Waals surface area contributed by atoms with Crippen molar-refractivity contribution in [1.29, 1.82) is 0 Å². The quantitative estimate of drug-likeness (QED) is 0.231. The lowest BCUT2D eigenvalue weighted by Crippen LogP contribution is -2.29. The molecule has 194 valence electrons. The maximum atomic E-state index is 12.5. The van der Waals surface area contributed by atoms with Gasteiger partial charge in [-0.1, -0.05) is 6.58 Å². The van der Waals surface area contributed by atoms with E-state index in [2.05, 4.69) is 11.3 Å². The molecule has 2 fully saturated rings. The minimum absolute atomic E-state index is 0.301. The van der Waals surface area contributed by atoms with Gasteiger partial charge in [-0.05, 0) is 75.6 Å². The van der Waals surface area contributed by atoms with E-state index in [4.69, 9.17) is 19.3 Å². The predicted octanol–water partition coefficient (Wildman–Crippen LogP) is 3.43. The summed E-state index contributed by atoms with van der Waals surface area (Å²) in [4.78, 5) is 59.0. The van der Waals surface area contributed by atoms with Gasteiger partial charge < -0.3 is 24.1 Å². The number of carboxylic acid groups (broad SMARTS) is 1. The number of carbonyl (C=O) groups excluding carboxylic acids is 4. The lowest BCUT2D eigenvalue weighted by molar-refractivity contribution is -0.168. The zero-order valence-electron chi connectivity index (χ0n) is 19.9. The molecule has 0 spiro atoms. The monoisotopic (exact) mass is 502 g/mol. The fourth-order valence-corrected chi connectivity index (χ4v) is 4.39. The molecule has 0 aliphatic heterocycles. The standard InChI is InChI=1S/C26H30O10/c1-2-22(27)33-15-34-24(30)17-7-11-20(12-8-17)36-26(32)19-9-13-21(14-10-19)35-25(31)18-5-3-16(4-6-18)23(28)29/h2,9-10,13-14,16-18,20H,1,3-8,11-12,15H2,(H,28,29). The number of hydrogen-bond donors (Lipinski definition) is 1. The predicted molar refractivity (Wildman–Crippen MR) is 124 cm³/mol. The fourth-order valence-electron chi connectivity index (χ4n) is 4.39. The summed E-state index contributed by atoms with van der Waals surface area (Å²) >= 11 is 0. The van der Waals surface area contributed by atoms with Gasteiger partial charge in [0.05, 0.1) is 23.3 Å². The Labute approximate surface area is 208 Å². The van der Waals surface area contributed by atoms with Crippen molar-refractivity contribution in [3.8, 4) is 5.75 Å². The second-order valence-corrected chi connectivity index (χ2v) is 8.96. The molecule has 0 atom stereocenters. The number of benzene rings is 1. The lowest BCUT2D eigenvalue weighted by Gasteiger charge is -2.27. The normalized spacial score (nSPS) is 23.6. The molecular formula is C26H30O10. The molecule has 0 heterocycles. The van der Waals surface area contributed by atoms with Gasteiger partial charge in [0.15, 0.2) is 0 Å². The highest BCUT2D eigenvalue weighted by Gasteiger charge is 2.31. The van der Waals surface area contributed by atoms with E-state index in [1.807, 2.05) is 0 Å². The zero-order chi connectivity index (χ0) is 26.1. The summed E-state index contributed by atoms with van der Waals surface area (Å²) in [5.41, 5.74) is 0.308. The van der Waals surface area contributed by atoms with Crippen LogP contribution in [-0.4, -0.2) is 47.8 Å². The second-order valence-electron chi connectivity index (χ2n) is 8.96. The molecule has 0 saturated heterocycles. The van der Waals surface area contributed by atoms with Crippen molar-refractivity contribution < 1.29 is 48.0 Å². The molecule has 0 bridgehead atoms. The molecule has 36 heavy (non-hydrogen) atoms. The molecule has 10 heteroatoms. The molecule has 1 aromatic carbocycles. The van der Waals surface area contributed by atoms with Crippen LogP contribution in [0.25, 0.3) is 0 Å². The molecule has 2 aliphatic carbocycles. The minimum Gasteiger partial charge on any atom is -0.481 e. The Kier molecular flexibility index (Phi) is 9.61. The van der Waals surface area contributed by atoms with Gasteiger partial charge in [-0.3, -0.25) is 14.4 Å². The van der Waals surface area contributed by atoms with E-state index >= 15 is 0 Å². The summed E-state index contributed by atoms with van der Waals surface area (Å²) in [6.45, 7) is 2.79. The molecule has 0 unspecified atom stereocenters. The van der Waals surface area contributed by atoms with Crippen LogP contribution in [0.3, 0.4) is 0 Å². The van der Waals surface area contributed by atoms with Gasteiger partial charge in [0, 0.05) is 6.08 Å². The minimum atomic E-state index is -0.830. The van der Waals surface area contributed by atoms with Crippen LogP contribution in [0.4, 0.5) is 0 Å². The molecule has 2 aliphatic rings. The van der Waals surface area contributed by atoms with Gasteiger partial charge in [-0.2, -0.15) is 0 Å². The zero-order valence-corrected chi connectivity index (χ0v) is 19.9. The Bertz CT molecular complexity index is 967. The van der Waals surface area contributed by atoms with Crippen LogP contribution in [0.5, 0.6) is 5.75 Å². The van der Waals surface area contributed by atoms with Crippen LogP contribution in [0.15, 0.2) is 36.9 Å². The van der Waals surface area contributed by atoms with Crippen LogP contribution in [0.2, 0.25) is 0 Å². The van der Waals surface area contributed by atoms with E-state index in [1.54, 1.807) is 0 Å². The molecule has 10 nitrogen and oxygen atoms in total. The SMILES string of the molecule is C=CC(=O)OCOC(=O)C1CCC(OC(=O)c2ccc(OC(=O)C3CCC(C(=O)O)CC3)cc2)CC1. The molecule has 1 N–H and O–H groups in total. The summed E-state index contributed by atoms with van der Waals surface area (Å²) < 4.78 is 20.5. The Morgan fingerprint density at radius 2 is 1.36 bits per heavy atom. The Hall–Kier alpha value is -3.69. The lowest BCUT2D eigenvalue weighted by atomic mass is 9.82. The van der Waals surface area contributed by atoms with E-state index in [0.29, 0.717) is 62.7 Å². The van der Waals surface area contributed by atoms with Gasteiger partial charge in [-0.25, -0.2) is 9.59 Å². The van der Waals surface area contributed by atoms with Crippen molar-refractivity contribution in [2.75, 3.05) is 6.79 Å². The smallest absolute Gasteiger partial charge is 0.338 e. The highest BCUT2D eigenvalue weighted by Crippen LogP contribution is 2.31. The number of rotatable bonds is 9. The first kappa shape index (κ1) is 26.9. The van der Waals surface area contributed by atoms with Crippen LogP contribution in [0, 0.1) is 17.8 Å². The van der Waals surface area contributed by atoms with Crippen LogP contribution in [0.1, 0.15) is 61.7 Å². The number of ether oxygens (including phenoxy) is 4. The second kappa shape index (κ2) is 12.9. The third-order valence-electron chi connectivity index (χ3n) is 6.57. The van der Waals surface area contributed by atoms with E-state index in [-0.39, 0.29) is 17.9 Å². The first-order valence-corrected chi connectivity index (χ1v) is 12.0. The maximum absolute atomic E-state index is 12.5. The van der Waals surface area contributed by atoms with Crippen molar-refractivity contribution >= 4 is 29.8 Å². The number of esters is 4. The molecule has 3 rings (SSSR count). The average molecular weight is 503 g/mol. The Balaban J connectivity index is 1.39. The number of carbonyl (C=O) groups is 5. The van der Waals surface area contributed by atoms with Crippen LogP contribution < -0.4 is 4.74 Å². The number of aliphatic carboxylic acids is 1. The topological polar surface area (TPSA) is 142 Å². The highest BCUT2D eigenvalue weighted by atomic mass is 16.7. The van der Waals surface area contributed by atoms with Crippen LogP contribution >= 0.6 is 0 Å². The van der Waals surface area contributed by atoms with Crippen molar-refractivity contribution in [2.45, 2.75) is 57.5 Å². The third-order valence-corrected chi connectivity index (χ3v) is 6.57. The molecule has 2 saturated carbocycles. The van der Waals surface area contributed by atoms with Gasteiger partial charge in [-0.15, -0.1) is 0 Å². The van der Waals surface area contributed by atoms with Crippen molar-refractivity contribution in [2.24, 2.45) is 17.8 Å². The highest BCUT2D eigenvalue weighted by molar-refractivity contribution is 5.89. The van der Waals surface area contributed by atoms with E-state index < -0.39 is 42.6 Å². The molecule has 0 aromatic heterocycles. The Morgan fingerprint density at radius 1 is 0.806 bits per heavy atom. The summed E-state index contributed by atoms with van der Waals surface area (Å²) in [5, 5.41) is 9.07. The van der Waals surface area contributed by atoms with Crippen molar-refractivity contribution in [1.82, 2.24) is 0 Å². The number of carboxylic acids is 1. The average Bonchev–Trinajstić information content (AvgIpc) is 2.89. The van der Waals surface area contributed by atoms with Crippen molar-refractivity contribution in [3.63, 3.8) is 0 Å². The van der Waals surface area contributed by atoms with Gasteiger partial charge >= 0.3 is 29.8 Å². The molecular weight excluding hydrogens is 472 g/mol. The summed E-state index contributed by atoms with van der Waals surface area (Å²) in [6.07, 6.45) is 4.46. The van der Waals surface area contributed by atoms with Gasteiger partial charge in [0.1, 0.15) is 11.9 Å². The third kappa shape index (κ3) is 7.66. The van der Waals surface area contributed by atoms with Crippen molar-refractivity contribution in [3.05, 3.63) is 42.5 Å². The Morgan fingerprint density at radius 3 is 1.94 bits per heavy atom. The summed E-state index contributed by atoms with van der Waals surface area (Å²) in [7, 11) is 0. The first-order valence-electron chi connectivity index (χ1n) is 12.0. The maximum Gasteiger partial charge on any atom is 0.338 e. The molecule has 0 amide bonds. The molecule has 0 radical (unpaired) electrons. The number of hydrogen-bond acceptors (Lipinski definition) is 9. The summed E-state index contributed by atoms with van der Waals surface area (Å²) in [6, 6.07) is 6.06. The fraction of sp³-hybridized carbons (Fsp3) is 0.500. The van der Waals surface area contributed by atoms with Gasteiger partial charge in [0.2, 0.25) is 6.79 Å². The summed E-state index contributed by atoms with van der Waals surface area (Å²) in [5.74, 6) is -3.67.